The molecule has 0 aliphatic carbocycles. The van der Waals surface area contributed by atoms with Gasteiger partial charge in [0.25, 0.3) is 0 Å². The first-order valence-electron chi connectivity index (χ1n) is 6.85. The number of nitrogens with one attached hydrogen (secondary N) is 1. The molecule has 6 heteroatoms. The van der Waals surface area contributed by atoms with E-state index in [9.17, 15) is 0 Å². The summed E-state index contributed by atoms with van der Waals surface area (Å²) >= 11 is 7.73. The monoisotopic (exact) mass is 326 g/mol. The van der Waals surface area contributed by atoms with Gasteiger partial charge in [0.1, 0.15) is 5.75 Å². The molecule has 0 bridgehead atoms. The van der Waals surface area contributed by atoms with Gasteiger partial charge >= 0.3 is 0 Å². The van der Waals surface area contributed by atoms with E-state index in [0.29, 0.717) is 10.8 Å². The van der Waals surface area contributed by atoms with E-state index in [4.69, 9.17) is 21.1 Å². The van der Waals surface area contributed by atoms with Gasteiger partial charge in [0, 0.05) is 30.7 Å². The molecule has 0 saturated carbocycles. The van der Waals surface area contributed by atoms with Crippen molar-refractivity contribution in [3.05, 3.63) is 28.6 Å². The smallest absolute Gasteiger partial charge is 0.183 e. The second kappa shape index (κ2) is 8.22. The number of methoxy groups -OCH3 is 1. The SMILES string of the molecule is CCOCCCNc1nc(-c2ccc(OC)c(Cl)c2)cs1. The lowest BCUT2D eigenvalue weighted by Gasteiger charge is -2.04. The molecule has 21 heavy (non-hydrogen) atoms. The van der Waals surface area contributed by atoms with Crippen LogP contribution in [-0.4, -0.2) is 31.9 Å². The number of ether oxygens (including phenoxy) is 2. The van der Waals surface area contributed by atoms with Crippen LogP contribution >= 0.6 is 22.9 Å². The molecular formula is C15H19ClN2O2S. The topological polar surface area (TPSA) is 43.4 Å². The van der Waals surface area contributed by atoms with Gasteiger partial charge < -0.3 is 14.8 Å². The van der Waals surface area contributed by atoms with Crippen molar-refractivity contribution in [2.24, 2.45) is 0 Å². The van der Waals surface area contributed by atoms with Gasteiger partial charge in [-0.3, -0.25) is 0 Å². The van der Waals surface area contributed by atoms with E-state index >= 15 is 0 Å². The Kier molecular flexibility index (Phi) is 6.29. The Labute approximate surface area is 134 Å². The summed E-state index contributed by atoms with van der Waals surface area (Å²) in [5.74, 6) is 0.671. The van der Waals surface area contributed by atoms with E-state index in [-0.39, 0.29) is 0 Å². The minimum atomic E-state index is 0.592. The zero-order valence-electron chi connectivity index (χ0n) is 12.2. The first-order valence-corrected chi connectivity index (χ1v) is 8.11. The van der Waals surface area contributed by atoms with Crippen LogP contribution in [0, 0.1) is 0 Å². The Hall–Kier alpha value is -1.30. The minimum absolute atomic E-state index is 0.592. The molecule has 0 fully saturated rings. The van der Waals surface area contributed by atoms with E-state index in [2.05, 4.69) is 10.3 Å². The molecule has 1 aromatic heterocycles. The van der Waals surface area contributed by atoms with Crippen molar-refractivity contribution in [3.8, 4) is 17.0 Å². The van der Waals surface area contributed by atoms with Crippen LogP contribution in [0.2, 0.25) is 5.02 Å². The molecule has 1 heterocycles. The normalized spacial score (nSPS) is 10.6. The van der Waals surface area contributed by atoms with Crippen molar-refractivity contribution < 1.29 is 9.47 Å². The zero-order chi connectivity index (χ0) is 15.1. The van der Waals surface area contributed by atoms with Crippen LogP contribution in [0.15, 0.2) is 23.6 Å². The lowest BCUT2D eigenvalue weighted by molar-refractivity contribution is 0.147. The third-order valence-corrected chi connectivity index (χ3v) is 3.99. The van der Waals surface area contributed by atoms with E-state index in [0.717, 1.165) is 42.6 Å². The fraction of sp³-hybridized carbons (Fsp3) is 0.400. The fourth-order valence-electron chi connectivity index (χ4n) is 1.83. The minimum Gasteiger partial charge on any atom is -0.495 e. The second-order valence-electron chi connectivity index (χ2n) is 4.36. The molecule has 0 spiro atoms. The van der Waals surface area contributed by atoms with Gasteiger partial charge in [-0.15, -0.1) is 11.3 Å². The largest absolute Gasteiger partial charge is 0.495 e. The summed E-state index contributed by atoms with van der Waals surface area (Å²) in [7, 11) is 1.61. The predicted octanol–water partition coefficient (Wildman–Crippen LogP) is 4.31. The molecule has 0 radical (unpaired) electrons. The number of nitrogens with zero attached hydrogens (tertiary/aromatic N) is 1. The number of thiazole rings is 1. The van der Waals surface area contributed by atoms with Crippen molar-refractivity contribution in [3.63, 3.8) is 0 Å². The van der Waals surface area contributed by atoms with Crippen LogP contribution in [0.5, 0.6) is 5.75 Å². The van der Waals surface area contributed by atoms with Crippen LogP contribution in [0.3, 0.4) is 0 Å². The average Bonchev–Trinajstić information content (AvgIpc) is 2.96. The lowest BCUT2D eigenvalue weighted by Crippen LogP contribution is -2.05. The molecule has 2 rings (SSSR count). The summed E-state index contributed by atoms with van der Waals surface area (Å²) in [6.45, 7) is 4.40. The van der Waals surface area contributed by atoms with E-state index in [1.807, 2.05) is 30.5 Å². The lowest BCUT2D eigenvalue weighted by atomic mass is 10.2. The Morgan fingerprint density at radius 3 is 2.95 bits per heavy atom. The molecular weight excluding hydrogens is 308 g/mol. The van der Waals surface area contributed by atoms with E-state index in [1.54, 1.807) is 18.4 Å². The third-order valence-electron chi connectivity index (χ3n) is 2.90. The van der Waals surface area contributed by atoms with Crippen LogP contribution < -0.4 is 10.1 Å². The van der Waals surface area contributed by atoms with Gasteiger partial charge in [-0.05, 0) is 31.5 Å². The molecule has 0 unspecified atom stereocenters. The predicted molar refractivity (Wildman–Crippen MR) is 88.7 cm³/mol. The van der Waals surface area contributed by atoms with Crippen LogP contribution in [-0.2, 0) is 4.74 Å². The highest BCUT2D eigenvalue weighted by Crippen LogP contribution is 2.31. The quantitative estimate of drug-likeness (QED) is 0.734. The van der Waals surface area contributed by atoms with Crippen molar-refractivity contribution >= 4 is 28.1 Å². The molecule has 0 aliphatic heterocycles. The third kappa shape index (κ3) is 4.59. The summed E-state index contributed by atoms with van der Waals surface area (Å²) in [6.07, 6.45) is 0.969. The molecule has 2 aromatic rings. The van der Waals surface area contributed by atoms with E-state index in [1.165, 1.54) is 0 Å². The average molecular weight is 327 g/mol. The first-order chi connectivity index (χ1) is 10.2. The number of rotatable bonds is 8. The van der Waals surface area contributed by atoms with Crippen LogP contribution in [0.4, 0.5) is 5.13 Å². The Morgan fingerprint density at radius 1 is 1.38 bits per heavy atom. The maximum atomic E-state index is 6.14. The number of benzene rings is 1. The summed E-state index contributed by atoms with van der Waals surface area (Å²) in [6, 6.07) is 5.68. The summed E-state index contributed by atoms with van der Waals surface area (Å²) in [4.78, 5) is 4.56. The summed E-state index contributed by atoms with van der Waals surface area (Å²) in [5, 5.41) is 6.82. The molecule has 1 N–H and O–H groups in total. The first kappa shape index (κ1) is 16.1. The highest BCUT2D eigenvalue weighted by Gasteiger charge is 2.07. The van der Waals surface area contributed by atoms with Gasteiger partial charge in [0.05, 0.1) is 17.8 Å². The van der Waals surface area contributed by atoms with Gasteiger partial charge in [-0.25, -0.2) is 4.98 Å². The van der Waals surface area contributed by atoms with Crippen molar-refractivity contribution in [1.82, 2.24) is 4.98 Å². The fourth-order valence-corrected chi connectivity index (χ4v) is 2.83. The molecule has 4 nitrogen and oxygen atoms in total. The number of anilines is 1. The standard InChI is InChI=1S/C15H19ClN2O2S/c1-3-20-8-4-7-17-15-18-13(10-21-15)11-5-6-14(19-2)12(16)9-11/h5-6,9-10H,3-4,7-8H2,1-2H3,(H,17,18). The molecule has 114 valence electrons. The zero-order valence-corrected chi connectivity index (χ0v) is 13.8. The highest BCUT2D eigenvalue weighted by atomic mass is 35.5. The van der Waals surface area contributed by atoms with Gasteiger partial charge in [-0.1, -0.05) is 11.6 Å². The van der Waals surface area contributed by atoms with Crippen LogP contribution in [0.25, 0.3) is 11.3 Å². The molecule has 0 atom stereocenters. The Bertz CT molecular complexity index is 575. The molecule has 0 saturated heterocycles. The Balaban J connectivity index is 1.94. The van der Waals surface area contributed by atoms with Crippen molar-refractivity contribution in [2.45, 2.75) is 13.3 Å². The van der Waals surface area contributed by atoms with E-state index < -0.39 is 0 Å². The second-order valence-corrected chi connectivity index (χ2v) is 5.63. The van der Waals surface area contributed by atoms with Crippen molar-refractivity contribution in [2.75, 3.05) is 32.2 Å². The number of hydrogen-bond acceptors (Lipinski definition) is 5. The maximum Gasteiger partial charge on any atom is 0.183 e. The maximum absolute atomic E-state index is 6.14. The van der Waals surface area contributed by atoms with Gasteiger partial charge in [0.2, 0.25) is 0 Å². The van der Waals surface area contributed by atoms with Gasteiger partial charge in [0.15, 0.2) is 5.13 Å². The summed E-state index contributed by atoms with van der Waals surface area (Å²) < 4.78 is 10.4. The molecule has 0 amide bonds. The summed E-state index contributed by atoms with van der Waals surface area (Å²) in [5.41, 5.74) is 1.90. The highest BCUT2D eigenvalue weighted by molar-refractivity contribution is 7.14. The molecule has 1 aromatic carbocycles. The molecule has 0 aliphatic rings. The number of aromatic nitrogens is 1. The van der Waals surface area contributed by atoms with Crippen molar-refractivity contribution in [1.29, 1.82) is 0 Å². The number of halogens is 1. The van der Waals surface area contributed by atoms with Gasteiger partial charge in [-0.2, -0.15) is 0 Å². The Morgan fingerprint density at radius 2 is 2.24 bits per heavy atom. The number of hydrogen-bond donors (Lipinski definition) is 1. The van der Waals surface area contributed by atoms with Crippen LogP contribution in [0.1, 0.15) is 13.3 Å².